The van der Waals surface area contributed by atoms with Crippen LogP contribution in [-0.4, -0.2) is 15.2 Å². The predicted molar refractivity (Wildman–Crippen MR) is 60.0 cm³/mol. The summed E-state index contributed by atoms with van der Waals surface area (Å²) in [6, 6.07) is 0. The average Bonchev–Trinajstić information content (AvgIpc) is 2.77. The van der Waals surface area contributed by atoms with E-state index in [1.165, 1.54) is 18.0 Å². The normalized spacial score (nSPS) is 10.7. The highest BCUT2D eigenvalue weighted by Gasteiger charge is 2.12. The minimum atomic E-state index is 0.436. The average molecular weight is 236 g/mol. The van der Waals surface area contributed by atoms with Gasteiger partial charge in [0.15, 0.2) is 0 Å². The lowest BCUT2D eigenvalue weighted by molar-refractivity contribution is 0.453. The maximum absolute atomic E-state index is 5.72. The van der Waals surface area contributed by atoms with E-state index in [9.17, 15) is 0 Å². The molecule has 2 heterocycles. The van der Waals surface area contributed by atoms with Crippen molar-refractivity contribution < 1.29 is 4.42 Å². The van der Waals surface area contributed by atoms with Gasteiger partial charge >= 0.3 is 0 Å². The zero-order valence-corrected chi connectivity index (χ0v) is 9.91. The summed E-state index contributed by atoms with van der Waals surface area (Å²) in [7, 11) is 0. The van der Waals surface area contributed by atoms with Crippen molar-refractivity contribution in [2.45, 2.75) is 30.6 Å². The molecule has 6 heteroatoms. The molecule has 0 amide bonds. The zero-order chi connectivity index (χ0) is 11.5. The standard InChI is InChI=1S/C10H12N4OS/c1-6-7(2)13-14-9(8(6)5-11)16-10-12-3-4-15-10/h3-4H,5,11H2,1-2H3. The molecule has 0 saturated carbocycles. The number of nitrogens with two attached hydrogens (primary N) is 1. The number of nitrogens with zero attached hydrogens (tertiary/aromatic N) is 3. The largest absolute Gasteiger partial charge is 0.440 e. The first-order valence-electron chi connectivity index (χ1n) is 4.82. The van der Waals surface area contributed by atoms with Gasteiger partial charge in [-0.05, 0) is 31.2 Å². The van der Waals surface area contributed by atoms with Gasteiger partial charge in [-0.1, -0.05) is 0 Å². The molecule has 5 nitrogen and oxygen atoms in total. The highest BCUT2D eigenvalue weighted by molar-refractivity contribution is 7.99. The molecule has 0 fully saturated rings. The summed E-state index contributed by atoms with van der Waals surface area (Å²) in [5, 5.41) is 9.50. The Bertz CT molecular complexity index is 484. The Kier molecular flexibility index (Phi) is 3.21. The van der Waals surface area contributed by atoms with Gasteiger partial charge in [0.1, 0.15) is 11.3 Å². The summed E-state index contributed by atoms with van der Waals surface area (Å²) in [5.74, 6) is 0. The molecule has 0 radical (unpaired) electrons. The van der Waals surface area contributed by atoms with Gasteiger partial charge < -0.3 is 10.2 Å². The molecule has 84 valence electrons. The fourth-order valence-electron chi connectivity index (χ4n) is 1.30. The first-order chi connectivity index (χ1) is 7.72. The number of oxazole rings is 1. The second-order valence-corrected chi connectivity index (χ2v) is 4.24. The molecular formula is C10H12N4OS. The number of aryl methyl sites for hydroxylation is 1. The lowest BCUT2D eigenvalue weighted by Crippen LogP contribution is -2.06. The summed E-state index contributed by atoms with van der Waals surface area (Å²) >= 11 is 1.34. The van der Waals surface area contributed by atoms with Crippen LogP contribution in [0.4, 0.5) is 0 Å². The molecule has 2 aromatic heterocycles. The van der Waals surface area contributed by atoms with Crippen LogP contribution in [0, 0.1) is 13.8 Å². The SMILES string of the molecule is Cc1nnc(Sc2ncco2)c(CN)c1C. The molecule has 2 aromatic rings. The molecule has 2 N–H and O–H groups in total. The van der Waals surface area contributed by atoms with E-state index < -0.39 is 0 Å². The maximum Gasteiger partial charge on any atom is 0.262 e. The van der Waals surface area contributed by atoms with E-state index >= 15 is 0 Å². The summed E-state index contributed by atoms with van der Waals surface area (Å²) in [6.45, 7) is 4.35. The second-order valence-electron chi connectivity index (χ2n) is 3.30. The number of rotatable bonds is 3. The maximum atomic E-state index is 5.72. The fraction of sp³-hybridized carbons (Fsp3) is 0.300. The van der Waals surface area contributed by atoms with E-state index in [1.54, 1.807) is 6.20 Å². The van der Waals surface area contributed by atoms with Crippen molar-refractivity contribution in [3.8, 4) is 0 Å². The van der Waals surface area contributed by atoms with Crippen molar-refractivity contribution in [1.82, 2.24) is 15.2 Å². The van der Waals surface area contributed by atoms with E-state index in [0.717, 1.165) is 21.8 Å². The molecule has 0 aliphatic heterocycles. The van der Waals surface area contributed by atoms with Crippen LogP contribution in [0.15, 0.2) is 27.1 Å². The fourth-order valence-corrected chi connectivity index (χ4v) is 2.12. The minimum Gasteiger partial charge on any atom is -0.440 e. The smallest absolute Gasteiger partial charge is 0.262 e. The quantitative estimate of drug-likeness (QED) is 0.873. The summed E-state index contributed by atoms with van der Waals surface area (Å²) in [4.78, 5) is 4.03. The monoisotopic (exact) mass is 236 g/mol. The minimum absolute atomic E-state index is 0.436. The van der Waals surface area contributed by atoms with Crippen LogP contribution >= 0.6 is 11.8 Å². The molecule has 0 spiro atoms. The van der Waals surface area contributed by atoms with Gasteiger partial charge in [0, 0.05) is 12.1 Å². The van der Waals surface area contributed by atoms with E-state index in [4.69, 9.17) is 10.2 Å². The third-order valence-corrected chi connectivity index (χ3v) is 3.24. The molecule has 0 aliphatic carbocycles. The van der Waals surface area contributed by atoms with Crippen LogP contribution in [0.25, 0.3) is 0 Å². The van der Waals surface area contributed by atoms with E-state index in [-0.39, 0.29) is 0 Å². The van der Waals surface area contributed by atoms with Gasteiger partial charge in [-0.2, -0.15) is 5.10 Å². The molecule has 0 unspecified atom stereocenters. The second kappa shape index (κ2) is 4.63. The third-order valence-electron chi connectivity index (χ3n) is 2.34. The van der Waals surface area contributed by atoms with Gasteiger partial charge in [-0.3, -0.25) is 0 Å². The Balaban J connectivity index is 2.37. The Morgan fingerprint density at radius 1 is 1.38 bits per heavy atom. The Morgan fingerprint density at radius 3 is 2.81 bits per heavy atom. The molecule has 0 aliphatic rings. The van der Waals surface area contributed by atoms with Crippen molar-refractivity contribution in [1.29, 1.82) is 0 Å². The Morgan fingerprint density at radius 2 is 2.19 bits per heavy atom. The Hall–Kier alpha value is -1.40. The summed E-state index contributed by atoms with van der Waals surface area (Å²) < 4.78 is 5.15. The first kappa shape index (κ1) is 11.1. The summed E-state index contributed by atoms with van der Waals surface area (Å²) in [5.41, 5.74) is 8.69. The molecule has 0 saturated heterocycles. The van der Waals surface area contributed by atoms with Gasteiger partial charge in [-0.25, -0.2) is 4.98 Å². The van der Waals surface area contributed by atoms with Gasteiger partial charge in [0.2, 0.25) is 0 Å². The third kappa shape index (κ3) is 2.07. The van der Waals surface area contributed by atoms with Crippen LogP contribution in [0.2, 0.25) is 0 Å². The van der Waals surface area contributed by atoms with Crippen molar-refractivity contribution in [2.75, 3.05) is 0 Å². The zero-order valence-electron chi connectivity index (χ0n) is 9.10. The van der Waals surface area contributed by atoms with Crippen LogP contribution in [0.1, 0.15) is 16.8 Å². The summed E-state index contributed by atoms with van der Waals surface area (Å²) in [6.07, 6.45) is 3.12. The molecule has 0 atom stereocenters. The van der Waals surface area contributed by atoms with Gasteiger partial charge in [0.05, 0.1) is 11.9 Å². The molecule has 0 bridgehead atoms. The first-order valence-corrected chi connectivity index (χ1v) is 5.64. The van der Waals surface area contributed by atoms with Crippen molar-refractivity contribution in [3.63, 3.8) is 0 Å². The molecule has 0 aromatic carbocycles. The van der Waals surface area contributed by atoms with Crippen LogP contribution < -0.4 is 5.73 Å². The van der Waals surface area contributed by atoms with Gasteiger partial charge in [0.25, 0.3) is 5.22 Å². The lowest BCUT2D eigenvalue weighted by atomic mass is 10.1. The lowest BCUT2D eigenvalue weighted by Gasteiger charge is -2.08. The van der Waals surface area contributed by atoms with Crippen molar-refractivity contribution in [2.24, 2.45) is 5.73 Å². The van der Waals surface area contributed by atoms with E-state index in [2.05, 4.69) is 15.2 Å². The number of aromatic nitrogens is 3. The molecule has 16 heavy (non-hydrogen) atoms. The number of hydrogen-bond donors (Lipinski definition) is 1. The molecule has 2 rings (SSSR count). The topological polar surface area (TPSA) is 77.8 Å². The van der Waals surface area contributed by atoms with E-state index in [1.807, 2.05) is 13.8 Å². The van der Waals surface area contributed by atoms with Gasteiger partial charge in [-0.15, -0.1) is 5.10 Å². The van der Waals surface area contributed by atoms with Crippen molar-refractivity contribution >= 4 is 11.8 Å². The number of hydrogen-bond acceptors (Lipinski definition) is 6. The van der Waals surface area contributed by atoms with Crippen LogP contribution in [0.3, 0.4) is 0 Å². The highest BCUT2D eigenvalue weighted by atomic mass is 32.2. The predicted octanol–water partition coefficient (Wildman–Crippen LogP) is 1.69. The van der Waals surface area contributed by atoms with Crippen molar-refractivity contribution in [3.05, 3.63) is 29.3 Å². The Labute approximate surface area is 97.5 Å². The van der Waals surface area contributed by atoms with Crippen LogP contribution in [0.5, 0.6) is 0 Å². The van der Waals surface area contributed by atoms with Crippen LogP contribution in [-0.2, 0) is 6.54 Å². The highest BCUT2D eigenvalue weighted by Crippen LogP contribution is 2.28. The molecular weight excluding hydrogens is 224 g/mol. The van der Waals surface area contributed by atoms with E-state index in [0.29, 0.717) is 11.8 Å².